The highest BCUT2D eigenvalue weighted by atomic mass is 32.2. The van der Waals surface area contributed by atoms with E-state index in [-0.39, 0.29) is 0 Å². The Kier molecular flexibility index (Phi) is 28.3. The Bertz CT molecular complexity index is 243. The van der Waals surface area contributed by atoms with E-state index >= 15 is 0 Å². The smallest absolute Gasteiger partial charge is 0.0104 e. The highest BCUT2D eigenvalue weighted by Crippen LogP contribution is 2.23. The van der Waals surface area contributed by atoms with Crippen molar-refractivity contribution in [3.63, 3.8) is 0 Å². The molecule has 0 fully saturated rings. The molecule has 0 heterocycles. The number of thioether (sulfide) groups is 1. The molecule has 0 bridgehead atoms. The minimum atomic E-state index is 1.17. The van der Waals surface area contributed by atoms with Crippen LogP contribution in [0.1, 0.15) is 73.8 Å². The molecule has 114 valence electrons. The topological polar surface area (TPSA) is 0 Å². The van der Waals surface area contributed by atoms with Crippen molar-refractivity contribution < 1.29 is 0 Å². The van der Waals surface area contributed by atoms with E-state index in [1.165, 1.54) is 35.5 Å². The van der Waals surface area contributed by atoms with E-state index in [1.807, 2.05) is 53.3 Å². The van der Waals surface area contributed by atoms with Crippen molar-refractivity contribution in [1.82, 2.24) is 0 Å². The van der Waals surface area contributed by atoms with E-state index in [1.54, 1.807) is 0 Å². The van der Waals surface area contributed by atoms with Crippen molar-refractivity contribution in [2.45, 2.75) is 79.5 Å². The quantitative estimate of drug-likeness (QED) is 0.514. The zero-order chi connectivity index (χ0) is 15.5. The second-order valence-corrected chi connectivity index (χ2v) is 4.45. The van der Waals surface area contributed by atoms with Gasteiger partial charge in [0.15, 0.2) is 0 Å². The first-order valence-electron chi connectivity index (χ1n) is 8.09. The minimum absolute atomic E-state index is 1.17. The fraction of sp³-hybridized carbons (Fsp3) is 0.667. The van der Waals surface area contributed by atoms with Gasteiger partial charge in [-0.15, -0.1) is 11.8 Å². The number of hydrogen-bond donors (Lipinski definition) is 0. The highest BCUT2D eigenvalue weighted by Gasteiger charge is 1.99. The summed E-state index contributed by atoms with van der Waals surface area (Å²) in [4.78, 5) is 1.47. The first-order chi connectivity index (χ1) is 9.38. The molecule has 0 aliphatic carbocycles. The molecule has 0 saturated heterocycles. The van der Waals surface area contributed by atoms with Gasteiger partial charge in [-0.25, -0.2) is 0 Å². The maximum absolute atomic E-state index is 2.26. The zero-order valence-electron chi connectivity index (χ0n) is 14.5. The van der Waals surface area contributed by atoms with Crippen LogP contribution in [0.5, 0.6) is 0 Å². The fourth-order valence-corrected chi connectivity index (χ4v) is 2.22. The fourth-order valence-electron chi connectivity index (χ4n) is 1.37. The van der Waals surface area contributed by atoms with Gasteiger partial charge in [-0.05, 0) is 30.2 Å². The minimum Gasteiger partial charge on any atom is -0.126 e. The molecule has 0 unspecified atom stereocenters. The number of hydrogen-bond acceptors (Lipinski definition) is 1. The predicted molar refractivity (Wildman–Crippen MR) is 95.5 cm³/mol. The largest absolute Gasteiger partial charge is 0.126 e. The average Bonchev–Trinajstić information content (AvgIpc) is 2.53. The van der Waals surface area contributed by atoms with E-state index in [2.05, 4.69) is 38.1 Å². The van der Waals surface area contributed by atoms with Gasteiger partial charge in [0.25, 0.3) is 0 Å². The molecular formula is C18H36S. The molecule has 0 amide bonds. The summed E-state index contributed by atoms with van der Waals surface area (Å²) in [6.45, 7) is 16.5. The van der Waals surface area contributed by atoms with Crippen LogP contribution >= 0.6 is 11.8 Å². The van der Waals surface area contributed by atoms with E-state index in [0.29, 0.717) is 0 Å². The van der Waals surface area contributed by atoms with Crippen molar-refractivity contribution >= 4 is 11.8 Å². The van der Waals surface area contributed by atoms with Crippen LogP contribution in [-0.4, -0.2) is 5.75 Å². The highest BCUT2D eigenvalue weighted by molar-refractivity contribution is 7.99. The molecule has 0 spiro atoms. The monoisotopic (exact) mass is 284 g/mol. The average molecular weight is 285 g/mol. The standard InChI is InChI=1S/C12H18S.3C2H6/c1-3-5-8-11-9-6-7-10-12(11)13-4-2;3*1-2/h6-7,9-10H,3-5,8H2,1-2H3;3*1-2H3. The Labute approximate surface area is 127 Å². The molecule has 0 N–H and O–H groups in total. The first kappa shape index (κ1) is 23.6. The van der Waals surface area contributed by atoms with Gasteiger partial charge in [-0.1, -0.05) is 80.0 Å². The molecule has 1 heteroatoms. The van der Waals surface area contributed by atoms with Crippen molar-refractivity contribution in [2.24, 2.45) is 0 Å². The van der Waals surface area contributed by atoms with Gasteiger partial charge < -0.3 is 0 Å². The van der Waals surface area contributed by atoms with Crippen molar-refractivity contribution in [3.8, 4) is 0 Å². The molecule has 0 aromatic heterocycles. The van der Waals surface area contributed by atoms with Crippen LogP contribution in [0.15, 0.2) is 29.2 Å². The van der Waals surface area contributed by atoms with Crippen molar-refractivity contribution in [2.75, 3.05) is 5.75 Å². The van der Waals surface area contributed by atoms with Crippen LogP contribution in [0.4, 0.5) is 0 Å². The van der Waals surface area contributed by atoms with Gasteiger partial charge in [0, 0.05) is 4.90 Å². The lowest BCUT2D eigenvalue weighted by molar-refractivity contribution is 0.785. The zero-order valence-corrected chi connectivity index (χ0v) is 15.4. The Hall–Kier alpha value is -0.430. The van der Waals surface area contributed by atoms with E-state index in [0.717, 1.165) is 0 Å². The van der Waals surface area contributed by atoms with Crippen LogP contribution in [0.2, 0.25) is 0 Å². The van der Waals surface area contributed by atoms with Crippen molar-refractivity contribution in [3.05, 3.63) is 29.8 Å². The summed E-state index contributed by atoms with van der Waals surface area (Å²) in [5.41, 5.74) is 1.52. The third kappa shape index (κ3) is 13.8. The van der Waals surface area contributed by atoms with Crippen LogP contribution in [-0.2, 0) is 6.42 Å². The summed E-state index contributed by atoms with van der Waals surface area (Å²) in [5.74, 6) is 1.17. The molecule has 1 rings (SSSR count). The molecule has 1 aromatic carbocycles. The second-order valence-electron chi connectivity index (χ2n) is 3.14. The normalized spacial score (nSPS) is 8.00. The molecule has 0 saturated carbocycles. The Balaban J connectivity index is -0.000000375. The van der Waals surface area contributed by atoms with E-state index < -0.39 is 0 Å². The number of benzene rings is 1. The van der Waals surface area contributed by atoms with Crippen molar-refractivity contribution in [1.29, 1.82) is 0 Å². The number of rotatable bonds is 5. The summed E-state index contributed by atoms with van der Waals surface area (Å²) in [7, 11) is 0. The van der Waals surface area contributed by atoms with E-state index in [9.17, 15) is 0 Å². The molecule has 0 aliphatic rings. The maximum atomic E-state index is 2.26. The summed E-state index contributed by atoms with van der Waals surface area (Å²) >= 11 is 1.95. The van der Waals surface area contributed by atoms with E-state index in [4.69, 9.17) is 0 Å². The van der Waals surface area contributed by atoms with Gasteiger partial charge in [0.05, 0.1) is 0 Å². The summed E-state index contributed by atoms with van der Waals surface area (Å²) in [6.07, 6.45) is 3.83. The summed E-state index contributed by atoms with van der Waals surface area (Å²) < 4.78 is 0. The first-order valence-corrected chi connectivity index (χ1v) is 9.07. The molecule has 0 aliphatic heterocycles. The van der Waals surface area contributed by atoms with Gasteiger partial charge in [-0.3, -0.25) is 0 Å². The third-order valence-corrected chi connectivity index (χ3v) is 3.07. The van der Waals surface area contributed by atoms with Gasteiger partial charge in [0.2, 0.25) is 0 Å². The summed E-state index contributed by atoms with van der Waals surface area (Å²) in [6, 6.07) is 8.77. The Morgan fingerprint density at radius 1 is 0.842 bits per heavy atom. The lowest BCUT2D eigenvalue weighted by Crippen LogP contribution is -1.88. The molecule has 1 aromatic rings. The lowest BCUT2D eigenvalue weighted by atomic mass is 10.1. The van der Waals surface area contributed by atoms with Gasteiger partial charge in [-0.2, -0.15) is 0 Å². The van der Waals surface area contributed by atoms with Crippen LogP contribution < -0.4 is 0 Å². The summed E-state index contributed by atoms with van der Waals surface area (Å²) in [5, 5.41) is 0. The molecule has 0 nitrogen and oxygen atoms in total. The SMILES string of the molecule is CC.CC.CC.CCCCc1ccccc1SCC. The molecule has 19 heavy (non-hydrogen) atoms. The van der Waals surface area contributed by atoms with Gasteiger partial charge in [0.1, 0.15) is 0 Å². The maximum Gasteiger partial charge on any atom is 0.0104 e. The Morgan fingerprint density at radius 2 is 1.37 bits per heavy atom. The van der Waals surface area contributed by atoms with Crippen LogP contribution in [0, 0.1) is 0 Å². The number of unbranched alkanes of at least 4 members (excludes halogenated alkanes) is 1. The van der Waals surface area contributed by atoms with Crippen LogP contribution in [0.25, 0.3) is 0 Å². The third-order valence-electron chi connectivity index (χ3n) is 2.07. The molecule has 0 radical (unpaired) electrons. The molecular weight excluding hydrogens is 248 g/mol. The Morgan fingerprint density at radius 3 is 1.84 bits per heavy atom. The predicted octanol–water partition coefficient (Wildman–Crippen LogP) is 7.22. The van der Waals surface area contributed by atoms with Gasteiger partial charge >= 0.3 is 0 Å². The molecule has 0 atom stereocenters. The van der Waals surface area contributed by atoms with Crippen LogP contribution in [0.3, 0.4) is 0 Å². The number of aryl methyl sites for hydroxylation is 1. The lowest BCUT2D eigenvalue weighted by Gasteiger charge is -2.06. The second kappa shape index (κ2) is 22.7.